The van der Waals surface area contributed by atoms with Gasteiger partial charge in [-0.15, -0.1) is 0 Å². The van der Waals surface area contributed by atoms with Gasteiger partial charge in [0.1, 0.15) is 18.2 Å². The van der Waals surface area contributed by atoms with Crippen LogP contribution in [0.2, 0.25) is 0 Å². The molecule has 0 spiro atoms. The quantitative estimate of drug-likeness (QED) is 0.604. The van der Waals surface area contributed by atoms with Gasteiger partial charge in [0.25, 0.3) is 0 Å². The first kappa shape index (κ1) is 9.40. The van der Waals surface area contributed by atoms with Gasteiger partial charge in [0, 0.05) is 25.3 Å². The Labute approximate surface area is 83.7 Å². The number of piperazine rings is 1. The summed E-state index contributed by atoms with van der Waals surface area (Å²) in [4.78, 5) is 17.4. The van der Waals surface area contributed by atoms with Gasteiger partial charge in [-0.1, -0.05) is 0 Å². The molecular formula is C10H15N3O. The van der Waals surface area contributed by atoms with Crippen LogP contribution in [0.15, 0.2) is 16.3 Å². The highest BCUT2D eigenvalue weighted by Gasteiger charge is 2.26. The molecule has 0 aromatic heterocycles. The summed E-state index contributed by atoms with van der Waals surface area (Å²) in [6.45, 7) is 6.74. The Morgan fingerprint density at radius 3 is 3.07 bits per heavy atom. The fourth-order valence-corrected chi connectivity index (χ4v) is 2.01. The molecule has 76 valence electrons. The molecule has 0 bridgehead atoms. The standard InChI is InChI=1S/C10H15N3O/c1-7-9(6-14)12-8(2)13-4-3-11-5-10(7)13/h6,9,11H,3-5H2,1-2H3/t9-/m0/s1. The minimum absolute atomic E-state index is 0.263. The summed E-state index contributed by atoms with van der Waals surface area (Å²) in [7, 11) is 0. The van der Waals surface area contributed by atoms with Crippen molar-refractivity contribution in [2.75, 3.05) is 19.6 Å². The maximum Gasteiger partial charge on any atom is 0.148 e. The summed E-state index contributed by atoms with van der Waals surface area (Å²) in [6.07, 6.45) is 0.914. The molecule has 2 aliphatic rings. The number of aliphatic imine (C=N–C) groups is 1. The summed E-state index contributed by atoms with van der Waals surface area (Å²) >= 11 is 0. The number of fused-ring (bicyclic) bond motifs is 1. The van der Waals surface area contributed by atoms with E-state index in [0.29, 0.717) is 0 Å². The van der Waals surface area contributed by atoms with Gasteiger partial charge < -0.3 is 15.0 Å². The van der Waals surface area contributed by atoms with E-state index in [0.717, 1.165) is 37.3 Å². The van der Waals surface area contributed by atoms with Crippen LogP contribution >= 0.6 is 0 Å². The van der Waals surface area contributed by atoms with Crippen LogP contribution in [-0.4, -0.2) is 42.7 Å². The van der Waals surface area contributed by atoms with E-state index < -0.39 is 0 Å². The average Bonchev–Trinajstić information content (AvgIpc) is 2.23. The average molecular weight is 193 g/mol. The SMILES string of the molecule is CC1=N[C@@H](C=O)C(C)=C2CNCCN12. The van der Waals surface area contributed by atoms with Crippen LogP contribution in [0.5, 0.6) is 0 Å². The predicted molar refractivity (Wildman–Crippen MR) is 55.2 cm³/mol. The van der Waals surface area contributed by atoms with Crippen LogP contribution in [0.4, 0.5) is 0 Å². The fourth-order valence-electron chi connectivity index (χ4n) is 2.01. The molecular weight excluding hydrogens is 178 g/mol. The number of rotatable bonds is 1. The lowest BCUT2D eigenvalue weighted by atomic mass is 10.0. The van der Waals surface area contributed by atoms with Crippen molar-refractivity contribution in [3.05, 3.63) is 11.3 Å². The molecule has 1 atom stereocenters. The second kappa shape index (κ2) is 3.53. The molecule has 2 rings (SSSR count). The van der Waals surface area contributed by atoms with Gasteiger partial charge in [0.05, 0.1) is 0 Å². The Balaban J connectivity index is 2.36. The second-order valence-electron chi connectivity index (χ2n) is 3.72. The maximum atomic E-state index is 10.8. The van der Waals surface area contributed by atoms with Crippen molar-refractivity contribution >= 4 is 12.1 Å². The summed E-state index contributed by atoms with van der Waals surface area (Å²) in [5.74, 6) is 0.962. The lowest BCUT2D eigenvalue weighted by Crippen LogP contribution is -2.47. The Hall–Kier alpha value is -1.16. The molecule has 0 aromatic carbocycles. The van der Waals surface area contributed by atoms with Crippen molar-refractivity contribution in [2.45, 2.75) is 19.9 Å². The number of amidine groups is 1. The highest BCUT2D eigenvalue weighted by molar-refractivity contribution is 5.86. The number of carbonyl (C=O) groups excluding carboxylic acids is 1. The zero-order valence-electron chi connectivity index (χ0n) is 8.58. The van der Waals surface area contributed by atoms with Crippen LogP contribution in [0, 0.1) is 0 Å². The van der Waals surface area contributed by atoms with Gasteiger partial charge in [0.15, 0.2) is 0 Å². The lowest BCUT2D eigenvalue weighted by Gasteiger charge is -2.37. The normalized spacial score (nSPS) is 27.1. The number of aldehydes is 1. The molecule has 1 fully saturated rings. The van der Waals surface area contributed by atoms with Gasteiger partial charge in [-0.25, -0.2) is 0 Å². The summed E-state index contributed by atoms with van der Waals surface area (Å²) in [5.41, 5.74) is 2.30. The molecule has 1 N–H and O–H groups in total. The van der Waals surface area contributed by atoms with E-state index in [1.54, 1.807) is 0 Å². The molecule has 14 heavy (non-hydrogen) atoms. The summed E-state index contributed by atoms with van der Waals surface area (Å²) < 4.78 is 0. The first-order valence-electron chi connectivity index (χ1n) is 4.91. The number of hydrogen-bond acceptors (Lipinski definition) is 4. The molecule has 0 aromatic rings. The van der Waals surface area contributed by atoms with Crippen LogP contribution in [0.3, 0.4) is 0 Å². The molecule has 0 saturated carbocycles. The maximum absolute atomic E-state index is 10.8. The minimum atomic E-state index is -0.263. The highest BCUT2D eigenvalue weighted by atomic mass is 16.1. The van der Waals surface area contributed by atoms with E-state index >= 15 is 0 Å². The van der Waals surface area contributed by atoms with Crippen LogP contribution in [0.1, 0.15) is 13.8 Å². The molecule has 1 saturated heterocycles. The van der Waals surface area contributed by atoms with Crippen LogP contribution in [-0.2, 0) is 4.79 Å². The van der Waals surface area contributed by atoms with Crippen molar-refractivity contribution in [2.24, 2.45) is 4.99 Å². The minimum Gasteiger partial charge on any atom is -0.331 e. The van der Waals surface area contributed by atoms with Crippen molar-refractivity contribution in [1.29, 1.82) is 0 Å². The molecule has 2 heterocycles. The van der Waals surface area contributed by atoms with E-state index in [4.69, 9.17) is 0 Å². The number of nitrogens with one attached hydrogen (secondary N) is 1. The van der Waals surface area contributed by atoms with Gasteiger partial charge >= 0.3 is 0 Å². The summed E-state index contributed by atoms with van der Waals surface area (Å²) in [6, 6.07) is -0.263. The smallest absolute Gasteiger partial charge is 0.148 e. The van der Waals surface area contributed by atoms with Gasteiger partial charge in [-0.05, 0) is 19.4 Å². The molecule has 0 amide bonds. The Morgan fingerprint density at radius 2 is 2.36 bits per heavy atom. The first-order chi connectivity index (χ1) is 6.74. The lowest BCUT2D eigenvalue weighted by molar-refractivity contribution is -0.108. The molecule has 0 unspecified atom stereocenters. The molecule has 0 aliphatic carbocycles. The molecule has 4 heteroatoms. The first-order valence-corrected chi connectivity index (χ1v) is 4.91. The fraction of sp³-hybridized carbons (Fsp3) is 0.600. The zero-order chi connectivity index (χ0) is 10.1. The summed E-state index contributed by atoms with van der Waals surface area (Å²) in [5, 5.41) is 3.31. The third-order valence-electron chi connectivity index (χ3n) is 2.87. The van der Waals surface area contributed by atoms with E-state index in [1.807, 2.05) is 13.8 Å². The van der Waals surface area contributed by atoms with Crippen LogP contribution in [0.25, 0.3) is 0 Å². The number of carbonyl (C=O) groups is 1. The highest BCUT2D eigenvalue weighted by Crippen LogP contribution is 2.22. The van der Waals surface area contributed by atoms with Gasteiger partial charge in [-0.2, -0.15) is 0 Å². The van der Waals surface area contributed by atoms with Crippen molar-refractivity contribution in [1.82, 2.24) is 10.2 Å². The third-order valence-corrected chi connectivity index (χ3v) is 2.87. The Morgan fingerprint density at radius 1 is 1.57 bits per heavy atom. The molecule has 2 aliphatic heterocycles. The Bertz CT molecular complexity index is 319. The van der Waals surface area contributed by atoms with Crippen LogP contribution < -0.4 is 5.32 Å². The molecule has 4 nitrogen and oxygen atoms in total. The second-order valence-corrected chi connectivity index (χ2v) is 3.72. The third kappa shape index (κ3) is 1.35. The largest absolute Gasteiger partial charge is 0.331 e. The van der Waals surface area contributed by atoms with Gasteiger partial charge in [0.2, 0.25) is 0 Å². The van der Waals surface area contributed by atoms with E-state index in [1.165, 1.54) is 5.70 Å². The Kier molecular flexibility index (Phi) is 2.37. The molecule has 0 radical (unpaired) electrons. The topological polar surface area (TPSA) is 44.7 Å². The van der Waals surface area contributed by atoms with Crippen molar-refractivity contribution in [3.63, 3.8) is 0 Å². The van der Waals surface area contributed by atoms with Gasteiger partial charge in [-0.3, -0.25) is 4.99 Å². The number of hydrogen-bond donors (Lipinski definition) is 1. The monoisotopic (exact) mass is 193 g/mol. The van der Waals surface area contributed by atoms with Crippen molar-refractivity contribution in [3.8, 4) is 0 Å². The zero-order valence-corrected chi connectivity index (χ0v) is 8.58. The predicted octanol–water partition coefficient (Wildman–Crippen LogP) is 0.165. The number of nitrogens with zero attached hydrogens (tertiary/aromatic N) is 2. The van der Waals surface area contributed by atoms with Crippen molar-refractivity contribution < 1.29 is 4.79 Å². The van der Waals surface area contributed by atoms with E-state index in [-0.39, 0.29) is 6.04 Å². The van der Waals surface area contributed by atoms with E-state index in [2.05, 4.69) is 15.2 Å². The van der Waals surface area contributed by atoms with E-state index in [9.17, 15) is 4.79 Å².